The smallest absolute Gasteiger partial charge is 0.316 e. The number of thiocarbonyl (C=S) groups is 1. The van der Waals surface area contributed by atoms with Gasteiger partial charge in [-0.2, -0.15) is 0 Å². The van der Waals surface area contributed by atoms with Crippen molar-refractivity contribution in [2.45, 2.75) is 6.92 Å². The second-order valence-electron chi connectivity index (χ2n) is 3.29. The van der Waals surface area contributed by atoms with Crippen LogP contribution in [-0.2, 0) is 19.1 Å². The van der Waals surface area contributed by atoms with Gasteiger partial charge < -0.3 is 14.4 Å². The number of morpholine rings is 1. The fourth-order valence-electron chi connectivity index (χ4n) is 1.28. The van der Waals surface area contributed by atoms with E-state index in [9.17, 15) is 9.59 Å². The Bertz CT molecular complexity index is 303. The number of esters is 1. The topological polar surface area (TPSA) is 55.8 Å². The van der Waals surface area contributed by atoms with Crippen molar-refractivity contribution in [2.24, 2.45) is 0 Å². The van der Waals surface area contributed by atoms with Gasteiger partial charge >= 0.3 is 5.97 Å². The number of carbonyl (C=O) groups excluding carboxylic acids is 2. The van der Waals surface area contributed by atoms with Gasteiger partial charge in [0.1, 0.15) is 4.20 Å². The van der Waals surface area contributed by atoms with E-state index in [-0.39, 0.29) is 21.8 Å². The highest BCUT2D eigenvalue weighted by atomic mass is 32.2. The quantitative estimate of drug-likeness (QED) is 0.552. The van der Waals surface area contributed by atoms with Gasteiger partial charge in [-0.1, -0.05) is 24.0 Å². The van der Waals surface area contributed by atoms with Gasteiger partial charge in [0.2, 0.25) is 0 Å². The zero-order valence-electron chi connectivity index (χ0n) is 9.64. The normalized spacial score (nSPS) is 15.5. The summed E-state index contributed by atoms with van der Waals surface area (Å²) in [5, 5.41) is 0. The Morgan fingerprint density at radius 1 is 1.41 bits per heavy atom. The molecule has 1 amide bonds. The van der Waals surface area contributed by atoms with Crippen molar-refractivity contribution in [3.63, 3.8) is 0 Å². The lowest BCUT2D eigenvalue weighted by Gasteiger charge is -2.26. The summed E-state index contributed by atoms with van der Waals surface area (Å²) in [5.74, 6) is -0.463. The molecule has 0 radical (unpaired) electrons. The van der Waals surface area contributed by atoms with Crippen LogP contribution in [0.4, 0.5) is 0 Å². The van der Waals surface area contributed by atoms with Crippen molar-refractivity contribution >= 4 is 40.1 Å². The molecule has 0 saturated carbocycles. The molecule has 1 heterocycles. The minimum atomic E-state index is -0.352. The molecule has 17 heavy (non-hydrogen) atoms. The number of nitrogens with zero attached hydrogens (tertiary/aromatic N) is 1. The van der Waals surface area contributed by atoms with Crippen LogP contribution in [0.1, 0.15) is 6.92 Å². The Morgan fingerprint density at radius 3 is 2.65 bits per heavy atom. The van der Waals surface area contributed by atoms with Gasteiger partial charge in [-0.25, -0.2) is 0 Å². The minimum absolute atomic E-state index is 0.0861. The first kappa shape index (κ1) is 14.4. The van der Waals surface area contributed by atoms with Crippen LogP contribution >= 0.6 is 24.0 Å². The number of ether oxygens (including phenoxy) is 2. The highest BCUT2D eigenvalue weighted by Gasteiger charge is 2.21. The fourth-order valence-corrected chi connectivity index (χ4v) is 2.18. The molecule has 1 fully saturated rings. The molecule has 0 unspecified atom stereocenters. The van der Waals surface area contributed by atoms with E-state index in [0.29, 0.717) is 32.9 Å². The molecule has 7 heteroatoms. The second-order valence-corrected chi connectivity index (χ2v) is 4.94. The van der Waals surface area contributed by atoms with Crippen LogP contribution in [0.3, 0.4) is 0 Å². The van der Waals surface area contributed by atoms with Crippen LogP contribution in [0.5, 0.6) is 0 Å². The Labute approximate surface area is 110 Å². The third kappa shape index (κ3) is 5.01. The summed E-state index contributed by atoms with van der Waals surface area (Å²) < 4.78 is 10.1. The molecule has 0 aromatic rings. The standard InChI is InChI=1S/C10H15NO4S2/c1-2-15-8(12)7-17-10(16)9(13)11-3-5-14-6-4-11/h2-7H2,1H3. The lowest BCUT2D eigenvalue weighted by molar-refractivity contribution is -0.139. The van der Waals surface area contributed by atoms with Gasteiger partial charge in [-0.3, -0.25) is 9.59 Å². The van der Waals surface area contributed by atoms with Crippen molar-refractivity contribution in [2.75, 3.05) is 38.7 Å². The summed E-state index contributed by atoms with van der Waals surface area (Å²) in [6.45, 7) is 4.26. The summed E-state index contributed by atoms with van der Waals surface area (Å²) in [6, 6.07) is 0. The molecular weight excluding hydrogens is 262 g/mol. The van der Waals surface area contributed by atoms with Crippen molar-refractivity contribution in [3.05, 3.63) is 0 Å². The maximum atomic E-state index is 11.8. The van der Waals surface area contributed by atoms with Gasteiger partial charge in [-0.05, 0) is 6.92 Å². The van der Waals surface area contributed by atoms with Gasteiger partial charge in [0.15, 0.2) is 0 Å². The predicted molar refractivity (Wildman–Crippen MR) is 69.1 cm³/mol. The summed E-state index contributed by atoms with van der Waals surface area (Å²) in [6.07, 6.45) is 0. The Kier molecular flexibility index (Phi) is 6.46. The lowest BCUT2D eigenvalue weighted by atomic mass is 10.4. The number of carbonyl (C=O) groups is 2. The van der Waals surface area contributed by atoms with E-state index in [2.05, 4.69) is 0 Å². The first-order chi connectivity index (χ1) is 8.15. The van der Waals surface area contributed by atoms with Crippen LogP contribution in [0.25, 0.3) is 0 Å². The van der Waals surface area contributed by atoms with Gasteiger partial charge in [-0.15, -0.1) is 0 Å². The minimum Gasteiger partial charge on any atom is -0.465 e. The Hall–Kier alpha value is -0.660. The molecule has 1 aliphatic heterocycles. The van der Waals surface area contributed by atoms with Crippen molar-refractivity contribution < 1.29 is 19.1 Å². The van der Waals surface area contributed by atoms with E-state index in [0.717, 1.165) is 11.8 Å². The largest absolute Gasteiger partial charge is 0.465 e. The SMILES string of the molecule is CCOC(=O)CSC(=S)C(=O)N1CCOCC1. The van der Waals surface area contributed by atoms with E-state index in [1.54, 1.807) is 11.8 Å². The number of amides is 1. The van der Waals surface area contributed by atoms with Crippen LogP contribution in [0.2, 0.25) is 0 Å². The maximum Gasteiger partial charge on any atom is 0.316 e. The van der Waals surface area contributed by atoms with E-state index in [1.807, 2.05) is 0 Å². The molecule has 1 saturated heterocycles. The molecule has 0 bridgehead atoms. The third-order valence-electron chi connectivity index (χ3n) is 2.10. The highest BCUT2D eigenvalue weighted by Crippen LogP contribution is 2.10. The number of rotatable bonds is 3. The van der Waals surface area contributed by atoms with Crippen molar-refractivity contribution in [1.82, 2.24) is 4.90 Å². The molecule has 0 aliphatic carbocycles. The average molecular weight is 277 g/mol. The van der Waals surface area contributed by atoms with Crippen LogP contribution in [0.15, 0.2) is 0 Å². The molecule has 0 aromatic carbocycles. The summed E-state index contributed by atoms with van der Waals surface area (Å²) in [5.41, 5.74) is 0. The molecule has 1 rings (SSSR count). The number of hydrogen-bond donors (Lipinski definition) is 0. The zero-order chi connectivity index (χ0) is 12.7. The first-order valence-corrected chi connectivity index (χ1v) is 6.74. The van der Waals surface area contributed by atoms with Gasteiger partial charge in [0.05, 0.1) is 25.6 Å². The molecule has 0 atom stereocenters. The monoisotopic (exact) mass is 277 g/mol. The van der Waals surface area contributed by atoms with E-state index in [4.69, 9.17) is 21.7 Å². The summed E-state index contributed by atoms with van der Waals surface area (Å²) in [4.78, 5) is 24.6. The number of thioether (sulfide) groups is 1. The van der Waals surface area contributed by atoms with E-state index in [1.165, 1.54) is 0 Å². The molecule has 0 aromatic heterocycles. The molecule has 0 spiro atoms. The Morgan fingerprint density at radius 2 is 2.06 bits per heavy atom. The van der Waals surface area contributed by atoms with Gasteiger partial charge in [0.25, 0.3) is 5.91 Å². The molecule has 1 aliphatic rings. The summed E-state index contributed by atoms with van der Waals surface area (Å²) >= 11 is 6.03. The Balaban J connectivity index is 2.31. The zero-order valence-corrected chi connectivity index (χ0v) is 11.3. The van der Waals surface area contributed by atoms with Crippen LogP contribution in [-0.4, -0.2) is 59.6 Å². The molecule has 96 valence electrons. The maximum absolute atomic E-state index is 11.8. The molecule has 0 N–H and O–H groups in total. The fraction of sp³-hybridized carbons (Fsp3) is 0.700. The average Bonchev–Trinajstić information content (AvgIpc) is 2.36. The third-order valence-corrected chi connectivity index (χ3v) is 3.44. The van der Waals surface area contributed by atoms with E-state index < -0.39 is 0 Å². The molecule has 5 nitrogen and oxygen atoms in total. The van der Waals surface area contributed by atoms with Gasteiger partial charge in [0, 0.05) is 13.1 Å². The first-order valence-electron chi connectivity index (χ1n) is 5.34. The number of hydrogen-bond acceptors (Lipinski definition) is 6. The van der Waals surface area contributed by atoms with Crippen LogP contribution in [0, 0.1) is 0 Å². The molecular formula is C10H15NO4S2. The van der Waals surface area contributed by atoms with E-state index >= 15 is 0 Å². The second kappa shape index (κ2) is 7.62. The highest BCUT2D eigenvalue weighted by molar-refractivity contribution is 8.25. The predicted octanol–water partition coefficient (Wildman–Crippen LogP) is 0.469. The van der Waals surface area contributed by atoms with Crippen molar-refractivity contribution in [1.29, 1.82) is 0 Å². The summed E-state index contributed by atoms with van der Waals surface area (Å²) in [7, 11) is 0. The van der Waals surface area contributed by atoms with Crippen molar-refractivity contribution in [3.8, 4) is 0 Å². The lowest BCUT2D eigenvalue weighted by Crippen LogP contribution is -2.43. The van der Waals surface area contributed by atoms with Crippen LogP contribution < -0.4 is 0 Å².